The van der Waals surface area contributed by atoms with Gasteiger partial charge in [-0.25, -0.2) is 14.0 Å². The molecule has 0 saturated carbocycles. The molecule has 8 nitrogen and oxygen atoms in total. The van der Waals surface area contributed by atoms with Crippen LogP contribution in [0, 0.1) is 0 Å². The van der Waals surface area contributed by atoms with Crippen LogP contribution < -0.4 is 5.32 Å². The number of hydrogen-bond acceptors (Lipinski definition) is 4. The van der Waals surface area contributed by atoms with Gasteiger partial charge in [-0.2, -0.15) is 0 Å². The maximum atomic E-state index is 11.5. The van der Waals surface area contributed by atoms with Crippen molar-refractivity contribution in [2.45, 2.75) is 45.4 Å². The Hall–Kier alpha value is -1.11. The Bertz CT molecular complexity index is 412. The van der Waals surface area contributed by atoms with Crippen LogP contribution in [0.1, 0.15) is 27.7 Å². The number of carbonyl (C=O) groups is 2. The molecule has 1 rings (SSSR count). The van der Waals surface area contributed by atoms with E-state index in [-0.39, 0.29) is 0 Å². The first-order chi connectivity index (χ1) is 7.93. The molecule has 0 spiro atoms. The van der Waals surface area contributed by atoms with Crippen LogP contribution in [0.3, 0.4) is 0 Å². The van der Waals surface area contributed by atoms with Gasteiger partial charge in [0.15, 0.2) is 0 Å². The lowest BCUT2D eigenvalue weighted by molar-refractivity contribution is -0.142. The van der Waals surface area contributed by atoms with E-state index in [1.165, 1.54) is 6.92 Å². The molecule has 2 atom stereocenters. The Morgan fingerprint density at radius 2 is 1.94 bits per heavy atom. The number of alkyl carbamates (subject to hydrolysis) is 1. The highest BCUT2D eigenvalue weighted by molar-refractivity contribution is 7.50. The van der Waals surface area contributed by atoms with Gasteiger partial charge in [0.2, 0.25) is 0 Å². The summed E-state index contributed by atoms with van der Waals surface area (Å²) in [5.74, 6) is -0.818. The van der Waals surface area contributed by atoms with Gasteiger partial charge in [0.25, 0.3) is 5.91 Å². The van der Waals surface area contributed by atoms with Gasteiger partial charge in [0.05, 0.1) is 6.04 Å². The average Bonchev–Trinajstić information content (AvgIpc) is 2.09. The molecule has 0 aromatic heterocycles. The number of nitrogens with zero attached hydrogens (tertiary/aromatic N) is 1. The molecule has 2 unspecified atom stereocenters. The molecule has 9 heteroatoms. The number of carbonyl (C=O) groups excluding carboxylic acids is 2. The summed E-state index contributed by atoms with van der Waals surface area (Å²) in [7, 11) is -4.61. The third-order valence-corrected chi connectivity index (χ3v) is 3.44. The Labute approximate surface area is 105 Å². The van der Waals surface area contributed by atoms with Crippen molar-refractivity contribution in [1.82, 2.24) is 9.99 Å². The smallest absolute Gasteiger partial charge is 0.432 e. The molecule has 0 aliphatic carbocycles. The van der Waals surface area contributed by atoms with E-state index in [1.54, 1.807) is 20.8 Å². The zero-order valence-electron chi connectivity index (χ0n) is 10.6. The molecule has 3 N–H and O–H groups in total. The minimum absolute atomic E-state index is 0.440. The van der Waals surface area contributed by atoms with Crippen molar-refractivity contribution in [2.24, 2.45) is 0 Å². The highest BCUT2D eigenvalue weighted by Crippen LogP contribution is 2.47. The Kier molecular flexibility index (Phi) is 3.76. The second-order valence-corrected chi connectivity index (χ2v) is 6.52. The first-order valence-electron chi connectivity index (χ1n) is 5.32. The van der Waals surface area contributed by atoms with Crippen molar-refractivity contribution < 1.29 is 28.7 Å². The predicted molar refractivity (Wildman–Crippen MR) is 61.5 cm³/mol. The predicted octanol–water partition coefficient (Wildman–Crippen LogP) is 0.203. The van der Waals surface area contributed by atoms with Gasteiger partial charge >= 0.3 is 13.8 Å². The van der Waals surface area contributed by atoms with Crippen LogP contribution in [-0.2, 0) is 14.1 Å². The van der Waals surface area contributed by atoms with Crippen molar-refractivity contribution in [1.29, 1.82) is 0 Å². The van der Waals surface area contributed by atoms with Crippen LogP contribution in [0.2, 0.25) is 0 Å². The fourth-order valence-electron chi connectivity index (χ4n) is 1.59. The number of rotatable bonds is 2. The van der Waals surface area contributed by atoms with E-state index in [4.69, 9.17) is 14.5 Å². The Balaban J connectivity index is 2.60. The third-order valence-electron chi connectivity index (χ3n) is 2.31. The van der Waals surface area contributed by atoms with Crippen LogP contribution in [0.5, 0.6) is 0 Å². The van der Waals surface area contributed by atoms with E-state index >= 15 is 0 Å². The fraction of sp³-hybridized carbons (Fsp3) is 0.778. The molecule has 1 aliphatic rings. The Morgan fingerprint density at radius 1 is 1.44 bits per heavy atom. The van der Waals surface area contributed by atoms with Gasteiger partial charge in [-0.3, -0.25) is 4.79 Å². The summed E-state index contributed by atoms with van der Waals surface area (Å²) < 4.78 is 16.3. The van der Waals surface area contributed by atoms with E-state index in [1.807, 2.05) is 0 Å². The number of β-lactam (4-membered cyclic amide) rings is 1. The zero-order valence-corrected chi connectivity index (χ0v) is 11.5. The zero-order chi connectivity index (χ0) is 14.3. The molecule has 0 aromatic carbocycles. The van der Waals surface area contributed by atoms with Crippen molar-refractivity contribution in [3.05, 3.63) is 0 Å². The van der Waals surface area contributed by atoms with E-state index < -0.39 is 37.4 Å². The number of amides is 2. The summed E-state index contributed by atoms with van der Waals surface area (Å²) in [5.41, 5.74) is -0.705. The summed E-state index contributed by atoms with van der Waals surface area (Å²) in [6.07, 6.45) is -0.793. The number of hydrogen-bond donors (Lipinski definition) is 3. The standard InChI is InChI=1S/C9H17N2O6P/c1-5-6(7(12)11(5)18(14,15)16)10-8(13)17-9(2,3)4/h5-6H,1-4H3,(H,10,13)(H2,14,15,16). The average molecular weight is 280 g/mol. The molecule has 1 aliphatic heterocycles. The van der Waals surface area contributed by atoms with Crippen molar-refractivity contribution in [3.63, 3.8) is 0 Å². The maximum absolute atomic E-state index is 11.5. The van der Waals surface area contributed by atoms with Crippen LogP contribution in [-0.4, -0.2) is 44.1 Å². The Morgan fingerprint density at radius 3 is 2.28 bits per heavy atom. The fourth-order valence-corrected chi connectivity index (χ4v) is 2.58. The van der Waals surface area contributed by atoms with Gasteiger partial charge in [-0.15, -0.1) is 0 Å². The number of ether oxygens (including phenoxy) is 1. The molecule has 2 amide bonds. The summed E-state index contributed by atoms with van der Waals surface area (Å²) in [4.78, 5) is 40.7. The topological polar surface area (TPSA) is 116 Å². The number of nitrogens with one attached hydrogen (secondary N) is 1. The second kappa shape index (κ2) is 4.53. The van der Waals surface area contributed by atoms with E-state index in [2.05, 4.69) is 5.32 Å². The van der Waals surface area contributed by atoms with E-state index in [0.29, 0.717) is 4.67 Å². The minimum Gasteiger partial charge on any atom is -0.444 e. The quantitative estimate of drug-likeness (QED) is 0.491. The molecule has 104 valence electrons. The first-order valence-corrected chi connectivity index (χ1v) is 6.88. The summed E-state index contributed by atoms with van der Waals surface area (Å²) in [5, 5.41) is 2.28. The molecule has 0 radical (unpaired) electrons. The molecule has 1 saturated heterocycles. The van der Waals surface area contributed by atoms with Gasteiger partial charge in [0.1, 0.15) is 11.6 Å². The third kappa shape index (κ3) is 3.22. The van der Waals surface area contributed by atoms with Gasteiger partial charge in [-0.05, 0) is 27.7 Å². The van der Waals surface area contributed by atoms with E-state index in [9.17, 15) is 14.2 Å². The minimum atomic E-state index is -4.61. The summed E-state index contributed by atoms with van der Waals surface area (Å²) in [6.45, 7) is 6.43. The molecule has 1 fully saturated rings. The van der Waals surface area contributed by atoms with E-state index in [0.717, 1.165) is 0 Å². The second-order valence-electron chi connectivity index (χ2n) is 5.06. The maximum Gasteiger partial charge on any atom is 0.432 e. The summed E-state index contributed by atoms with van der Waals surface area (Å²) >= 11 is 0. The van der Waals surface area contributed by atoms with Crippen LogP contribution in [0.25, 0.3) is 0 Å². The van der Waals surface area contributed by atoms with Gasteiger partial charge in [0, 0.05) is 0 Å². The lowest BCUT2D eigenvalue weighted by Crippen LogP contribution is -2.68. The largest absolute Gasteiger partial charge is 0.444 e. The SMILES string of the molecule is CC1C(NC(=O)OC(C)(C)C)C(=O)N1P(=O)(O)O. The van der Waals surface area contributed by atoms with Crippen molar-refractivity contribution in [3.8, 4) is 0 Å². The van der Waals surface area contributed by atoms with Crippen LogP contribution >= 0.6 is 7.75 Å². The molecule has 1 heterocycles. The lowest BCUT2D eigenvalue weighted by atomic mass is 10.0. The van der Waals surface area contributed by atoms with Crippen molar-refractivity contribution in [2.75, 3.05) is 0 Å². The first kappa shape index (κ1) is 14.9. The lowest BCUT2D eigenvalue weighted by Gasteiger charge is -2.44. The molecule has 0 aromatic rings. The van der Waals surface area contributed by atoms with Crippen molar-refractivity contribution >= 4 is 19.7 Å². The summed E-state index contributed by atoms with van der Waals surface area (Å²) in [6, 6.07) is -1.74. The molecular formula is C9H17N2O6P. The van der Waals surface area contributed by atoms with Crippen LogP contribution in [0.4, 0.5) is 4.79 Å². The monoisotopic (exact) mass is 280 g/mol. The highest BCUT2D eigenvalue weighted by atomic mass is 31.2. The molecule has 18 heavy (non-hydrogen) atoms. The van der Waals surface area contributed by atoms with Gasteiger partial charge < -0.3 is 19.8 Å². The molecular weight excluding hydrogens is 263 g/mol. The van der Waals surface area contributed by atoms with Gasteiger partial charge in [-0.1, -0.05) is 0 Å². The molecule has 0 bridgehead atoms. The normalized spacial score (nSPS) is 24.6. The highest BCUT2D eigenvalue weighted by Gasteiger charge is 2.53. The van der Waals surface area contributed by atoms with Crippen LogP contribution in [0.15, 0.2) is 0 Å².